The number of carbonyl (C=O) groups excluding carboxylic acids is 1. The van der Waals surface area contributed by atoms with Gasteiger partial charge in [-0.05, 0) is 0 Å². The maximum absolute atomic E-state index is 11.2. The van der Waals surface area contributed by atoms with Gasteiger partial charge in [-0.2, -0.15) is 0 Å². The van der Waals surface area contributed by atoms with Crippen LogP contribution < -0.4 is 0 Å². The lowest BCUT2D eigenvalue weighted by Crippen LogP contribution is -2.13. The summed E-state index contributed by atoms with van der Waals surface area (Å²) in [5.74, 6) is -0.831. The normalized spacial score (nSPS) is 20.9. The highest BCUT2D eigenvalue weighted by Crippen LogP contribution is 2.31. The van der Waals surface area contributed by atoms with E-state index in [0.717, 1.165) is 0 Å². The second kappa shape index (κ2) is 2.73. The van der Waals surface area contributed by atoms with Crippen LogP contribution in [0, 0.1) is 0 Å². The highest BCUT2D eigenvalue weighted by atomic mass is 16.5. The highest BCUT2D eigenvalue weighted by Gasteiger charge is 2.30. The summed E-state index contributed by atoms with van der Waals surface area (Å²) in [7, 11) is 0. The van der Waals surface area contributed by atoms with E-state index in [0.29, 0.717) is 18.6 Å². The van der Waals surface area contributed by atoms with Crippen LogP contribution in [0.4, 0.5) is 0 Å². The summed E-state index contributed by atoms with van der Waals surface area (Å²) >= 11 is 0. The van der Waals surface area contributed by atoms with Crippen molar-refractivity contribution in [2.24, 2.45) is 0 Å². The third-order valence-electron chi connectivity index (χ3n) is 2.17. The van der Waals surface area contributed by atoms with E-state index in [4.69, 9.17) is 9.84 Å². The van der Waals surface area contributed by atoms with Crippen LogP contribution in [0.2, 0.25) is 0 Å². The van der Waals surface area contributed by atoms with Crippen LogP contribution in [0.25, 0.3) is 0 Å². The molecule has 2 aliphatic rings. The van der Waals surface area contributed by atoms with E-state index in [9.17, 15) is 9.59 Å². The summed E-state index contributed by atoms with van der Waals surface area (Å²) < 4.78 is 5.08. The van der Waals surface area contributed by atoms with Gasteiger partial charge in [0, 0.05) is 18.4 Å². The van der Waals surface area contributed by atoms with Gasteiger partial charge in [-0.15, -0.1) is 0 Å². The first-order valence-electron chi connectivity index (χ1n) is 4.03. The number of rotatable bonds is 1. The Labute approximate surface area is 74.5 Å². The summed E-state index contributed by atoms with van der Waals surface area (Å²) in [5.41, 5.74) is 0.788. The molecule has 0 aromatic carbocycles. The van der Waals surface area contributed by atoms with Gasteiger partial charge in [-0.25, -0.2) is 4.79 Å². The highest BCUT2D eigenvalue weighted by molar-refractivity contribution is 6.04. The molecular weight excluding hydrogens is 172 g/mol. The zero-order chi connectivity index (χ0) is 9.42. The molecule has 0 aromatic heterocycles. The van der Waals surface area contributed by atoms with Crippen LogP contribution in [0.15, 0.2) is 23.0 Å². The molecule has 4 nitrogen and oxygen atoms in total. The van der Waals surface area contributed by atoms with Gasteiger partial charge in [-0.1, -0.05) is 6.08 Å². The van der Waals surface area contributed by atoms with E-state index in [-0.39, 0.29) is 23.5 Å². The predicted molar refractivity (Wildman–Crippen MR) is 42.9 cm³/mol. The molecule has 2 rings (SSSR count). The maximum atomic E-state index is 11.2. The van der Waals surface area contributed by atoms with E-state index in [1.807, 2.05) is 0 Å². The van der Waals surface area contributed by atoms with Crippen LogP contribution >= 0.6 is 0 Å². The molecule has 0 saturated heterocycles. The minimum atomic E-state index is -0.981. The minimum absolute atomic E-state index is 0.113. The van der Waals surface area contributed by atoms with E-state index < -0.39 is 5.97 Å². The second-order valence-electron chi connectivity index (χ2n) is 2.96. The third-order valence-corrected chi connectivity index (χ3v) is 2.17. The maximum Gasteiger partial charge on any atom is 0.335 e. The smallest absolute Gasteiger partial charge is 0.335 e. The molecule has 68 valence electrons. The molecule has 1 heterocycles. The molecular formula is C9H8O4. The van der Waals surface area contributed by atoms with Crippen LogP contribution in [-0.2, 0) is 14.3 Å². The Morgan fingerprint density at radius 3 is 3.00 bits per heavy atom. The molecule has 0 saturated carbocycles. The zero-order valence-corrected chi connectivity index (χ0v) is 6.87. The molecule has 0 radical (unpaired) electrons. The molecule has 1 N–H and O–H groups in total. The number of ketones is 1. The van der Waals surface area contributed by atoms with E-state index in [1.54, 1.807) is 0 Å². The first-order chi connectivity index (χ1) is 6.20. The molecule has 0 bridgehead atoms. The Morgan fingerprint density at radius 2 is 2.31 bits per heavy atom. The molecule has 0 unspecified atom stereocenters. The molecule has 1 aliphatic heterocycles. The average molecular weight is 180 g/mol. The van der Waals surface area contributed by atoms with Crippen molar-refractivity contribution in [1.29, 1.82) is 0 Å². The number of hydrogen-bond donors (Lipinski definition) is 1. The average Bonchev–Trinajstić information content (AvgIpc) is 2.53. The standard InChI is InChI=1S/C9H8O4/c10-7-2-1-6(9(11)12)5-3-4-13-8(5)7/h1H,2-4H2,(H,11,12). The Bertz CT molecular complexity index is 349. The number of ether oxygens (including phenoxy) is 1. The fraction of sp³-hybridized carbons (Fsp3) is 0.333. The SMILES string of the molecule is O=C(O)C1=CCC(=O)C2=C1CCO2. The zero-order valence-electron chi connectivity index (χ0n) is 6.87. The van der Waals surface area contributed by atoms with Crippen molar-refractivity contribution in [3.05, 3.63) is 23.0 Å². The quantitative estimate of drug-likeness (QED) is 0.643. The molecule has 4 heteroatoms. The summed E-state index contributed by atoms with van der Waals surface area (Å²) in [5, 5.41) is 8.80. The first kappa shape index (κ1) is 8.04. The number of aliphatic carboxylic acids is 1. The number of hydrogen-bond acceptors (Lipinski definition) is 3. The van der Waals surface area contributed by atoms with Crippen molar-refractivity contribution in [1.82, 2.24) is 0 Å². The fourth-order valence-electron chi connectivity index (χ4n) is 1.59. The van der Waals surface area contributed by atoms with Gasteiger partial charge in [0.25, 0.3) is 0 Å². The Hall–Kier alpha value is -1.58. The summed E-state index contributed by atoms with van der Waals surface area (Å²) in [6.07, 6.45) is 2.12. The molecule has 0 fully saturated rings. The summed E-state index contributed by atoms with van der Waals surface area (Å²) in [4.78, 5) is 22.0. The molecule has 0 spiro atoms. The first-order valence-corrected chi connectivity index (χ1v) is 4.03. The number of carboxylic acid groups (broad SMARTS) is 1. The van der Waals surface area contributed by atoms with Gasteiger partial charge in [0.2, 0.25) is 5.78 Å². The van der Waals surface area contributed by atoms with E-state index >= 15 is 0 Å². The van der Waals surface area contributed by atoms with Crippen molar-refractivity contribution in [2.75, 3.05) is 6.61 Å². The third kappa shape index (κ3) is 1.14. The molecule has 0 aromatic rings. The summed E-state index contributed by atoms with van der Waals surface area (Å²) in [6.45, 7) is 0.418. The lowest BCUT2D eigenvalue weighted by Gasteiger charge is -2.10. The van der Waals surface area contributed by atoms with Gasteiger partial charge in [-0.3, -0.25) is 4.79 Å². The largest absolute Gasteiger partial charge is 0.489 e. The van der Waals surface area contributed by atoms with E-state index in [1.165, 1.54) is 6.08 Å². The van der Waals surface area contributed by atoms with Crippen molar-refractivity contribution in [2.45, 2.75) is 12.8 Å². The number of Topliss-reactive ketones (excluding diaryl/α,β-unsaturated/α-hetero) is 1. The van der Waals surface area contributed by atoms with Crippen molar-refractivity contribution >= 4 is 11.8 Å². The van der Waals surface area contributed by atoms with Crippen molar-refractivity contribution < 1.29 is 19.4 Å². The molecule has 0 atom stereocenters. The number of carboxylic acids is 1. The van der Waals surface area contributed by atoms with Crippen LogP contribution in [0.5, 0.6) is 0 Å². The van der Waals surface area contributed by atoms with E-state index in [2.05, 4.69) is 0 Å². The van der Waals surface area contributed by atoms with Gasteiger partial charge >= 0.3 is 5.97 Å². The van der Waals surface area contributed by atoms with Crippen LogP contribution in [-0.4, -0.2) is 23.5 Å². The molecule has 0 amide bonds. The lowest BCUT2D eigenvalue weighted by molar-refractivity contribution is -0.132. The minimum Gasteiger partial charge on any atom is -0.489 e. The monoisotopic (exact) mass is 180 g/mol. The number of carbonyl (C=O) groups is 2. The molecule has 1 aliphatic carbocycles. The number of allylic oxidation sites excluding steroid dienone is 2. The molecule has 13 heavy (non-hydrogen) atoms. The van der Waals surface area contributed by atoms with Gasteiger partial charge in [0.1, 0.15) is 0 Å². The van der Waals surface area contributed by atoms with Crippen molar-refractivity contribution in [3.8, 4) is 0 Å². The van der Waals surface area contributed by atoms with Gasteiger partial charge < -0.3 is 9.84 Å². The second-order valence-corrected chi connectivity index (χ2v) is 2.96. The Kier molecular flexibility index (Phi) is 1.69. The fourth-order valence-corrected chi connectivity index (χ4v) is 1.59. The van der Waals surface area contributed by atoms with Crippen molar-refractivity contribution in [3.63, 3.8) is 0 Å². The Morgan fingerprint density at radius 1 is 1.54 bits per heavy atom. The summed E-state index contributed by atoms with van der Waals surface area (Å²) in [6, 6.07) is 0. The van der Waals surface area contributed by atoms with Gasteiger partial charge in [0.05, 0.1) is 12.2 Å². The lowest BCUT2D eigenvalue weighted by atomic mass is 9.95. The topological polar surface area (TPSA) is 63.6 Å². The Balaban J connectivity index is 2.43. The predicted octanol–water partition coefficient (Wildman–Crippen LogP) is 0.645. The van der Waals surface area contributed by atoms with Crippen LogP contribution in [0.1, 0.15) is 12.8 Å². The van der Waals surface area contributed by atoms with Gasteiger partial charge in [0.15, 0.2) is 5.76 Å². The van der Waals surface area contributed by atoms with Crippen LogP contribution in [0.3, 0.4) is 0 Å².